The van der Waals surface area contributed by atoms with Gasteiger partial charge in [0.15, 0.2) is 11.4 Å². The van der Waals surface area contributed by atoms with Crippen LogP contribution in [0.15, 0.2) is 71.8 Å². The summed E-state index contributed by atoms with van der Waals surface area (Å²) in [5, 5.41) is 13.7. The predicted molar refractivity (Wildman–Crippen MR) is 97.2 cm³/mol. The molecule has 0 spiro atoms. The molecule has 6 heteroatoms. The molecule has 3 aromatic rings. The van der Waals surface area contributed by atoms with E-state index < -0.39 is 0 Å². The van der Waals surface area contributed by atoms with Gasteiger partial charge in [0.1, 0.15) is 5.69 Å². The molecule has 0 bridgehead atoms. The molecule has 25 heavy (non-hydrogen) atoms. The molecular formula is C19H18N5O+. The molecule has 0 aliphatic carbocycles. The lowest BCUT2D eigenvalue weighted by molar-refractivity contribution is -0.469. The maximum atomic E-state index is 12.4. The Hall–Kier alpha value is -3.38. The molecule has 0 aliphatic heterocycles. The number of nitrogens with one attached hydrogen (secondary N) is 1. The minimum Gasteiger partial charge on any atom is -0.309 e. The number of hydrogen-bond donors (Lipinski definition) is 2. The van der Waals surface area contributed by atoms with E-state index in [2.05, 4.69) is 10.1 Å². The minimum atomic E-state index is -0.192. The van der Waals surface area contributed by atoms with Crippen LogP contribution in [0.1, 0.15) is 11.4 Å². The Morgan fingerprint density at radius 2 is 2.00 bits per heavy atom. The Labute approximate surface area is 145 Å². The lowest BCUT2D eigenvalue weighted by Gasteiger charge is -2.08. The molecule has 2 heterocycles. The number of pyridine rings is 1. The Balaban J connectivity index is 2.03. The standard InChI is InChI=1S/C19H17N5O/c1-14-13-15(8-11-21-14)22-17(7-10-20)19-18(25)9-12-24(23-19)16-5-3-2-4-6-16/h2-13,20H,1H3,(H,21,22)/p+1. The molecule has 0 unspecified atom stereocenters. The van der Waals surface area contributed by atoms with Gasteiger partial charge in [-0.05, 0) is 19.1 Å². The van der Waals surface area contributed by atoms with Gasteiger partial charge in [0.2, 0.25) is 5.43 Å². The largest absolute Gasteiger partial charge is 0.309 e. The Kier molecular flexibility index (Phi) is 4.92. The van der Waals surface area contributed by atoms with Crippen LogP contribution in [-0.2, 0) is 0 Å². The first-order valence-electron chi connectivity index (χ1n) is 7.81. The summed E-state index contributed by atoms with van der Waals surface area (Å²) in [4.78, 5) is 16.5. The number of aromatic nitrogens is 3. The van der Waals surface area contributed by atoms with Crippen molar-refractivity contribution in [1.82, 2.24) is 14.8 Å². The zero-order chi connectivity index (χ0) is 17.6. The van der Waals surface area contributed by atoms with Crippen LogP contribution >= 0.6 is 0 Å². The average Bonchev–Trinajstić information content (AvgIpc) is 2.63. The Morgan fingerprint density at radius 3 is 2.72 bits per heavy atom. The molecule has 0 radical (unpaired) electrons. The highest BCUT2D eigenvalue weighted by Crippen LogP contribution is 2.07. The van der Waals surface area contributed by atoms with Crippen LogP contribution in [0.25, 0.3) is 11.4 Å². The number of nitrogens with two attached hydrogens (primary N) is 1. The molecule has 3 rings (SSSR count). The summed E-state index contributed by atoms with van der Waals surface area (Å²) in [6, 6.07) is 14.8. The molecule has 0 fully saturated rings. The smallest absolute Gasteiger partial charge is 0.213 e. The van der Waals surface area contributed by atoms with Crippen LogP contribution in [0.2, 0.25) is 0 Å². The van der Waals surface area contributed by atoms with Gasteiger partial charge in [0, 0.05) is 48.6 Å². The van der Waals surface area contributed by atoms with Crippen molar-refractivity contribution in [2.75, 3.05) is 0 Å². The van der Waals surface area contributed by atoms with Crippen LogP contribution in [-0.4, -0.2) is 21.0 Å². The van der Waals surface area contributed by atoms with Crippen molar-refractivity contribution in [2.24, 2.45) is 0 Å². The van der Waals surface area contributed by atoms with E-state index in [9.17, 15) is 4.79 Å². The van der Waals surface area contributed by atoms with Gasteiger partial charge >= 0.3 is 0 Å². The summed E-state index contributed by atoms with van der Waals surface area (Å²) in [5.74, 6) is 0. The quantitative estimate of drug-likeness (QED) is 0.699. The fourth-order valence-electron chi connectivity index (χ4n) is 2.45. The first-order chi connectivity index (χ1) is 12.2. The van der Waals surface area contributed by atoms with E-state index in [1.807, 2.05) is 54.7 Å². The van der Waals surface area contributed by atoms with Crippen molar-refractivity contribution in [1.29, 1.82) is 5.41 Å². The number of aryl methyl sites for hydroxylation is 1. The summed E-state index contributed by atoms with van der Waals surface area (Å²) in [6.45, 7) is 1.90. The molecule has 2 aromatic heterocycles. The number of allylic oxidation sites excluding steroid dienone is 1. The Bertz CT molecular complexity index is 976. The van der Waals surface area contributed by atoms with E-state index in [1.165, 1.54) is 6.07 Å². The topological polar surface area (TPSA) is 88.2 Å². The highest BCUT2D eigenvalue weighted by molar-refractivity contribution is 5.78. The maximum absolute atomic E-state index is 12.4. The highest BCUT2D eigenvalue weighted by Gasteiger charge is 2.14. The maximum Gasteiger partial charge on any atom is 0.213 e. The highest BCUT2D eigenvalue weighted by atomic mass is 16.1. The predicted octanol–water partition coefficient (Wildman–Crippen LogP) is 1.82. The van der Waals surface area contributed by atoms with Gasteiger partial charge in [-0.3, -0.25) is 15.1 Å². The normalized spacial score (nSPS) is 11.3. The van der Waals surface area contributed by atoms with Crippen molar-refractivity contribution >= 4 is 17.6 Å². The van der Waals surface area contributed by atoms with Gasteiger partial charge in [0.05, 0.1) is 5.69 Å². The fourth-order valence-corrected chi connectivity index (χ4v) is 2.45. The van der Waals surface area contributed by atoms with Crippen molar-refractivity contribution in [3.8, 4) is 5.69 Å². The third-order valence-corrected chi connectivity index (χ3v) is 3.61. The van der Waals surface area contributed by atoms with Gasteiger partial charge in [0.25, 0.3) is 0 Å². The number of para-hydroxylation sites is 1. The molecule has 6 nitrogen and oxygen atoms in total. The molecular weight excluding hydrogens is 314 g/mol. The second-order valence-electron chi connectivity index (χ2n) is 5.47. The van der Waals surface area contributed by atoms with E-state index in [-0.39, 0.29) is 5.43 Å². The van der Waals surface area contributed by atoms with E-state index >= 15 is 0 Å². The first kappa shape index (κ1) is 16.5. The SMILES string of the molecule is Cc1cc([NH2+]C(=CC=N)c2nn(-c3ccccc3)ccc2=O)ccn1. The van der Waals surface area contributed by atoms with Gasteiger partial charge in [-0.15, -0.1) is 0 Å². The number of nitrogens with zero attached hydrogens (tertiary/aromatic N) is 3. The molecule has 0 aliphatic rings. The third kappa shape index (κ3) is 3.94. The Morgan fingerprint density at radius 1 is 1.20 bits per heavy atom. The van der Waals surface area contributed by atoms with Gasteiger partial charge < -0.3 is 5.41 Å². The summed E-state index contributed by atoms with van der Waals surface area (Å²) >= 11 is 0. The monoisotopic (exact) mass is 332 g/mol. The van der Waals surface area contributed by atoms with Crippen LogP contribution in [0.3, 0.4) is 0 Å². The van der Waals surface area contributed by atoms with Crippen LogP contribution in [0, 0.1) is 12.3 Å². The van der Waals surface area contributed by atoms with E-state index in [0.717, 1.165) is 23.3 Å². The number of benzene rings is 1. The summed E-state index contributed by atoms with van der Waals surface area (Å²) in [6.07, 6.45) is 6.07. The zero-order valence-corrected chi connectivity index (χ0v) is 13.8. The minimum absolute atomic E-state index is 0.192. The van der Waals surface area contributed by atoms with Crippen molar-refractivity contribution in [3.63, 3.8) is 0 Å². The second-order valence-corrected chi connectivity index (χ2v) is 5.47. The van der Waals surface area contributed by atoms with Gasteiger partial charge in [-0.2, -0.15) is 5.10 Å². The van der Waals surface area contributed by atoms with E-state index in [4.69, 9.17) is 5.41 Å². The lowest BCUT2D eigenvalue weighted by atomic mass is 10.2. The van der Waals surface area contributed by atoms with Gasteiger partial charge in [-0.25, -0.2) is 4.68 Å². The summed E-state index contributed by atoms with van der Waals surface area (Å²) in [7, 11) is 0. The molecule has 124 valence electrons. The van der Waals surface area contributed by atoms with Crippen molar-refractivity contribution in [3.05, 3.63) is 88.6 Å². The second kappa shape index (κ2) is 7.46. The molecule has 1 aromatic carbocycles. The molecule has 0 atom stereocenters. The number of quaternary nitrogens is 1. The molecule has 0 amide bonds. The lowest BCUT2D eigenvalue weighted by Crippen LogP contribution is -2.75. The van der Waals surface area contributed by atoms with Crippen LogP contribution in [0.5, 0.6) is 0 Å². The molecule has 0 saturated carbocycles. The zero-order valence-electron chi connectivity index (χ0n) is 13.8. The summed E-state index contributed by atoms with van der Waals surface area (Å²) < 4.78 is 1.65. The molecule has 3 N–H and O–H groups in total. The first-order valence-corrected chi connectivity index (χ1v) is 7.81. The van der Waals surface area contributed by atoms with Crippen LogP contribution in [0.4, 0.5) is 5.69 Å². The number of rotatable bonds is 5. The van der Waals surface area contributed by atoms with E-state index in [1.54, 1.807) is 23.2 Å². The summed E-state index contributed by atoms with van der Waals surface area (Å²) in [5.41, 5.74) is 3.32. The van der Waals surface area contributed by atoms with Gasteiger partial charge in [-0.1, -0.05) is 18.2 Å². The van der Waals surface area contributed by atoms with E-state index in [0.29, 0.717) is 11.4 Å². The average molecular weight is 332 g/mol. The molecule has 0 saturated heterocycles. The van der Waals surface area contributed by atoms with Crippen molar-refractivity contribution in [2.45, 2.75) is 6.92 Å². The third-order valence-electron chi connectivity index (χ3n) is 3.61. The fraction of sp³-hybridized carbons (Fsp3) is 0.0526. The number of hydrogen-bond acceptors (Lipinski definition) is 4. The van der Waals surface area contributed by atoms with Crippen LogP contribution < -0.4 is 10.7 Å². The van der Waals surface area contributed by atoms with Crippen molar-refractivity contribution < 1.29 is 5.32 Å².